The maximum Gasteiger partial charge on any atom is -0.00787 e. The van der Waals surface area contributed by atoms with Gasteiger partial charge in [-0.15, -0.1) is 8.93 Å². The first-order valence-corrected chi connectivity index (χ1v) is 13.0. The van der Waals surface area contributed by atoms with Crippen LogP contribution in [0.3, 0.4) is 0 Å². The molecule has 0 saturated heterocycles. The van der Waals surface area contributed by atoms with Crippen LogP contribution in [0.25, 0.3) is 22.8 Å². The second kappa shape index (κ2) is 10.3. The summed E-state index contributed by atoms with van der Waals surface area (Å²) in [5, 5.41) is 2.68. The molecule has 0 aliphatic heterocycles. The molecule has 0 nitrogen and oxygen atoms in total. The highest BCUT2D eigenvalue weighted by molar-refractivity contribution is 8.24. The minimum absolute atomic E-state index is 0.668. The van der Waals surface area contributed by atoms with Crippen molar-refractivity contribution < 1.29 is 0 Å². The van der Waals surface area contributed by atoms with Crippen molar-refractivity contribution in [2.45, 2.75) is 0 Å². The van der Waals surface area contributed by atoms with Gasteiger partial charge in [-0.25, -0.2) is 0 Å². The van der Waals surface area contributed by atoms with E-state index in [0.29, 0.717) is 0 Å². The van der Waals surface area contributed by atoms with Gasteiger partial charge in [0.25, 0.3) is 0 Å². The SMILES string of the molecule is PP(/C(=C\c1ccccc1)c1ccccc1)/C(=C\c1ccccc1)c1ccccc1. The Morgan fingerprint density at radius 2 is 0.767 bits per heavy atom. The number of benzene rings is 4. The molecule has 30 heavy (non-hydrogen) atoms. The highest BCUT2D eigenvalue weighted by atomic mass is 32.0. The Kier molecular flexibility index (Phi) is 7.04. The van der Waals surface area contributed by atoms with Gasteiger partial charge in [-0.3, -0.25) is 0 Å². The Bertz CT molecular complexity index is 1020. The smallest absolute Gasteiger partial charge is 0.00787 e. The lowest BCUT2D eigenvalue weighted by Gasteiger charge is -2.21. The molecule has 0 radical (unpaired) electrons. The molecule has 1 atom stereocenters. The molecule has 0 saturated carbocycles. The Labute approximate surface area is 182 Å². The van der Waals surface area contributed by atoms with Crippen molar-refractivity contribution in [3.05, 3.63) is 144 Å². The Morgan fingerprint density at radius 1 is 0.467 bits per heavy atom. The lowest BCUT2D eigenvalue weighted by molar-refractivity contribution is 1.63. The summed E-state index contributed by atoms with van der Waals surface area (Å²) in [6, 6.07) is 42.6. The van der Waals surface area contributed by atoms with E-state index < -0.39 is 7.61 Å². The first-order valence-electron chi connectivity index (χ1n) is 10.0. The molecule has 0 spiro atoms. The summed E-state index contributed by atoms with van der Waals surface area (Å²) >= 11 is 0. The number of rotatable bonds is 6. The first-order chi connectivity index (χ1) is 14.8. The van der Waals surface area contributed by atoms with Crippen LogP contribution in [0.15, 0.2) is 121 Å². The summed E-state index contributed by atoms with van der Waals surface area (Å²) in [6.45, 7) is 0. The standard InChI is InChI=1S/C28H24P2/c29-30(27(25-17-9-3-10-18-25)21-23-13-5-1-6-14-23)28(26-19-11-4-12-20-26)22-24-15-7-2-8-16-24/h1-22H,29H2/b27-21-,28-22-. The summed E-state index contributed by atoms with van der Waals surface area (Å²) < 4.78 is 0. The van der Waals surface area contributed by atoms with Crippen molar-refractivity contribution in [2.75, 3.05) is 0 Å². The normalized spacial score (nSPS) is 12.2. The lowest BCUT2D eigenvalue weighted by atomic mass is 10.1. The summed E-state index contributed by atoms with van der Waals surface area (Å²) in [6.07, 6.45) is 4.66. The van der Waals surface area contributed by atoms with E-state index >= 15 is 0 Å². The molecule has 0 bridgehead atoms. The molecule has 0 heterocycles. The van der Waals surface area contributed by atoms with Crippen LogP contribution in [-0.2, 0) is 0 Å². The van der Waals surface area contributed by atoms with Crippen LogP contribution in [-0.4, -0.2) is 0 Å². The predicted molar refractivity (Wildman–Crippen MR) is 138 cm³/mol. The monoisotopic (exact) mass is 422 g/mol. The molecule has 2 heteroatoms. The van der Waals surface area contributed by atoms with Crippen LogP contribution in [0.4, 0.5) is 0 Å². The minimum Gasteiger partial charge on any atom is -0.102 e. The van der Waals surface area contributed by atoms with Crippen molar-refractivity contribution in [1.29, 1.82) is 0 Å². The highest BCUT2D eigenvalue weighted by Gasteiger charge is 2.18. The summed E-state index contributed by atoms with van der Waals surface area (Å²) in [5.74, 6) is 0. The fraction of sp³-hybridized carbons (Fsp3) is 0. The van der Waals surface area contributed by atoms with Crippen LogP contribution in [0, 0.1) is 0 Å². The molecule has 0 aromatic heterocycles. The van der Waals surface area contributed by atoms with Crippen LogP contribution < -0.4 is 0 Å². The second-order valence-electron chi connectivity index (χ2n) is 6.98. The van der Waals surface area contributed by atoms with E-state index in [1.54, 1.807) is 0 Å². The molecular formula is C28H24P2. The van der Waals surface area contributed by atoms with E-state index in [1.165, 1.54) is 32.9 Å². The zero-order valence-corrected chi connectivity index (χ0v) is 18.8. The third kappa shape index (κ3) is 5.22. The molecular weight excluding hydrogens is 398 g/mol. The Morgan fingerprint density at radius 3 is 1.10 bits per heavy atom. The molecule has 0 amide bonds. The average molecular weight is 422 g/mol. The van der Waals surface area contributed by atoms with Gasteiger partial charge >= 0.3 is 0 Å². The third-order valence-corrected chi connectivity index (χ3v) is 8.35. The second-order valence-corrected chi connectivity index (χ2v) is 10.2. The zero-order chi connectivity index (χ0) is 20.6. The van der Waals surface area contributed by atoms with Crippen molar-refractivity contribution in [3.8, 4) is 0 Å². The van der Waals surface area contributed by atoms with Crippen molar-refractivity contribution in [2.24, 2.45) is 0 Å². The fourth-order valence-corrected chi connectivity index (χ4v) is 6.38. The van der Waals surface area contributed by atoms with Crippen molar-refractivity contribution >= 4 is 39.3 Å². The maximum absolute atomic E-state index is 3.15. The minimum atomic E-state index is -0.668. The molecule has 1 unspecified atom stereocenters. The number of hydrogen-bond donors (Lipinski definition) is 0. The van der Waals surface area contributed by atoms with E-state index in [9.17, 15) is 0 Å². The molecule has 0 fully saturated rings. The van der Waals surface area contributed by atoms with Crippen LogP contribution >= 0.6 is 16.5 Å². The van der Waals surface area contributed by atoms with Gasteiger partial charge in [0.1, 0.15) is 0 Å². The summed E-state index contributed by atoms with van der Waals surface area (Å²) in [5.41, 5.74) is 4.96. The molecule has 4 aromatic carbocycles. The topological polar surface area (TPSA) is 0 Å². The average Bonchev–Trinajstić information content (AvgIpc) is 2.83. The Hall–Kier alpha value is -2.78. The van der Waals surface area contributed by atoms with E-state index in [0.717, 1.165) is 0 Å². The largest absolute Gasteiger partial charge is 0.102 e. The molecule has 0 N–H and O–H groups in total. The van der Waals surface area contributed by atoms with Gasteiger partial charge in [-0.1, -0.05) is 121 Å². The van der Waals surface area contributed by atoms with E-state index in [4.69, 9.17) is 0 Å². The van der Waals surface area contributed by atoms with Crippen molar-refractivity contribution in [1.82, 2.24) is 0 Å². The van der Waals surface area contributed by atoms with E-state index in [-0.39, 0.29) is 0 Å². The van der Waals surface area contributed by atoms with Crippen LogP contribution in [0.2, 0.25) is 0 Å². The predicted octanol–water partition coefficient (Wildman–Crippen LogP) is 8.66. The number of hydrogen-bond acceptors (Lipinski definition) is 0. The molecule has 146 valence electrons. The summed E-state index contributed by atoms with van der Waals surface area (Å²) in [7, 11) is 2.48. The maximum atomic E-state index is 3.15. The molecule has 4 rings (SSSR count). The van der Waals surface area contributed by atoms with Crippen LogP contribution in [0.1, 0.15) is 22.3 Å². The zero-order valence-electron chi connectivity index (χ0n) is 16.7. The van der Waals surface area contributed by atoms with Crippen LogP contribution in [0.5, 0.6) is 0 Å². The van der Waals surface area contributed by atoms with Gasteiger partial charge in [0.15, 0.2) is 0 Å². The Balaban J connectivity index is 1.85. The lowest BCUT2D eigenvalue weighted by Crippen LogP contribution is -1.86. The fourth-order valence-electron chi connectivity index (χ4n) is 3.35. The van der Waals surface area contributed by atoms with Crippen molar-refractivity contribution in [3.63, 3.8) is 0 Å². The molecule has 4 aromatic rings. The molecule has 0 aliphatic carbocycles. The van der Waals surface area contributed by atoms with E-state index in [2.05, 4.69) is 142 Å². The first kappa shape index (κ1) is 20.5. The van der Waals surface area contributed by atoms with Gasteiger partial charge < -0.3 is 0 Å². The molecule has 0 aliphatic rings. The van der Waals surface area contributed by atoms with Gasteiger partial charge in [-0.2, -0.15) is 0 Å². The summed E-state index contributed by atoms with van der Waals surface area (Å²) in [4.78, 5) is 0. The van der Waals surface area contributed by atoms with E-state index in [1.807, 2.05) is 0 Å². The van der Waals surface area contributed by atoms with Gasteiger partial charge in [0.2, 0.25) is 0 Å². The van der Waals surface area contributed by atoms with Gasteiger partial charge in [0, 0.05) is 0 Å². The van der Waals surface area contributed by atoms with Gasteiger partial charge in [0.05, 0.1) is 0 Å². The van der Waals surface area contributed by atoms with Gasteiger partial charge in [-0.05, 0) is 52.6 Å². The third-order valence-electron chi connectivity index (χ3n) is 4.86. The highest BCUT2D eigenvalue weighted by Crippen LogP contribution is 2.67. The quantitative estimate of drug-likeness (QED) is 0.215.